The van der Waals surface area contributed by atoms with Crippen molar-refractivity contribution in [1.29, 1.82) is 0 Å². The van der Waals surface area contributed by atoms with Gasteiger partial charge < -0.3 is 10.1 Å². The van der Waals surface area contributed by atoms with Crippen molar-refractivity contribution in [3.05, 3.63) is 28.8 Å². The maximum absolute atomic E-state index is 12.7. The van der Waals surface area contributed by atoms with Crippen LogP contribution in [-0.2, 0) is 14.9 Å². The van der Waals surface area contributed by atoms with Crippen molar-refractivity contribution in [1.82, 2.24) is 9.03 Å². The molecule has 1 aliphatic heterocycles. The van der Waals surface area contributed by atoms with Crippen LogP contribution >= 0.6 is 0 Å². The van der Waals surface area contributed by atoms with E-state index in [1.807, 2.05) is 32.9 Å². The fourth-order valence-corrected chi connectivity index (χ4v) is 4.77. The lowest BCUT2D eigenvalue weighted by atomic mass is 9.90. The molecule has 2 amide bonds. The topological polar surface area (TPSA) is 87.7 Å². The standard InChI is InChI=1S/C20H33N3O4S/c1-12(2)17-8-14(5)9-18(13(3)4)19(17)21-20(24)22-28(25,26)23-10-15(6)27-16(7)11-23/h8-9,12-13,15-16H,10-11H2,1-7H3,(H2,21,22,24). The molecule has 0 spiro atoms. The summed E-state index contributed by atoms with van der Waals surface area (Å²) in [5.41, 5.74) is 3.78. The first-order chi connectivity index (χ1) is 12.9. The monoisotopic (exact) mass is 411 g/mol. The fourth-order valence-electron chi connectivity index (χ4n) is 3.55. The number of hydrogen-bond donors (Lipinski definition) is 2. The molecule has 158 valence electrons. The van der Waals surface area contributed by atoms with Crippen LogP contribution < -0.4 is 10.0 Å². The highest BCUT2D eigenvalue weighted by atomic mass is 32.2. The van der Waals surface area contributed by atoms with Crippen LogP contribution in [0.25, 0.3) is 0 Å². The highest BCUT2D eigenvalue weighted by Crippen LogP contribution is 2.33. The Kier molecular flexibility index (Phi) is 7.12. The molecule has 1 aromatic carbocycles. The van der Waals surface area contributed by atoms with Gasteiger partial charge in [0, 0.05) is 18.8 Å². The van der Waals surface area contributed by atoms with Gasteiger partial charge in [-0.3, -0.25) is 0 Å². The first-order valence-corrected chi connectivity index (χ1v) is 11.2. The van der Waals surface area contributed by atoms with E-state index in [0.29, 0.717) is 5.69 Å². The maximum atomic E-state index is 12.7. The Morgan fingerprint density at radius 1 is 1.07 bits per heavy atom. The molecule has 28 heavy (non-hydrogen) atoms. The van der Waals surface area contributed by atoms with E-state index >= 15 is 0 Å². The molecule has 2 unspecified atom stereocenters. The number of anilines is 1. The second kappa shape index (κ2) is 8.80. The minimum absolute atomic E-state index is 0.185. The first kappa shape index (κ1) is 22.6. The Morgan fingerprint density at radius 2 is 1.54 bits per heavy atom. The van der Waals surface area contributed by atoms with Gasteiger partial charge in [-0.1, -0.05) is 45.4 Å². The largest absolute Gasteiger partial charge is 0.373 e. The molecule has 2 N–H and O–H groups in total. The molecule has 2 atom stereocenters. The third-order valence-electron chi connectivity index (χ3n) is 4.77. The van der Waals surface area contributed by atoms with Crippen molar-refractivity contribution in [3.63, 3.8) is 0 Å². The molecule has 1 aliphatic rings. The molecular formula is C20H33N3O4S. The summed E-state index contributed by atoms with van der Waals surface area (Å²) in [4.78, 5) is 12.6. The van der Waals surface area contributed by atoms with Gasteiger partial charge in [0.05, 0.1) is 12.2 Å². The number of amides is 2. The number of carbonyl (C=O) groups is 1. The van der Waals surface area contributed by atoms with Gasteiger partial charge in [-0.05, 0) is 43.7 Å². The number of hydrogen-bond acceptors (Lipinski definition) is 4. The number of aryl methyl sites for hydroxylation is 1. The average molecular weight is 412 g/mol. The minimum atomic E-state index is -3.95. The molecule has 0 bridgehead atoms. The molecule has 1 fully saturated rings. The van der Waals surface area contributed by atoms with E-state index in [9.17, 15) is 13.2 Å². The van der Waals surface area contributed by atoms with Crippen LogP contribution in [0.5, 0.6) is 0 Å². The predicted molar refractivity (Wildman–Crippen MR) is 112 cm³/mol. The molecule has 1 aromatic rings. The average Bonchev–Trinajstić information content (AvgIpc) is 2.54. The molecule has 7 nitrogen and oxygen atoms in total. The summed E-state index contributed by atoms with van der Waals surface area (Å²) in [6.07, 6.45) is -0.443. The van der Waals surface area contributed by atoms with Crippen molar-refractivity contribution >= 4 is 21.9 Å². The zero-order valence-electron chi connectivity index (χ0n) is 17.9. The molecule has 2 rings (SSSR count). The lowest BCUT2D eigenvalue weighted by Crippen LogP contribution is -2.53. The van der Waals surface area contributed by atoms with Crippen LogP contribution in [0.4, 0.5) is 10.5 Å². The van der Waals surface area contributed by atoms with Gasteiger partial charge in [0.1, 0.15) is 0 Å². The molecule has 0 radical (unpaired) electrons. The lowest BCUT2D eigenvalue weighted by molar-refractivity contribution is -0.0442. The van der Waals surface area contributed by atoms with Crippen molar-refractivity contribution in [2.24, 2.45) is 0 Å². The van der Waals surface area contributed by atoms with Gasteiger partial charge in [0.15, 0.2) is 0 Å². The van der Waals surface area contributed by atoms with Crippen LogP contribution in [-0.4, -0.2) is 44.1 Å². The quantitative estimate of drug-likeness (QED) is 0.773. The zero-order valence-corrected chi connectivity index (χ0v) is 18.7. The number of rotatable bonds is 5. The Morgan fingerprint density at radius 3 is 1.96 bits per heavy atom. The van der Waals surface area contributed by atoms with Crippen LogP contribution in [0.3, 0.4) is 0 Å². The van der Waals surface area contributed by atoms with Gasteiger partial charge in [-0.2, -0.15) is 12.7 Å². The third kappa shape index (κ3) is 5.46. The molecule has 0 aliphatic carbocycles. The van der Waals surface area contributed by atoms with Crippen LogP contribution in [0, 0.1) is 6.92 Å². The van der Waals surface area contributed by atoms with E-state index in [0.717, 1.165) is 16.7 Å². The Balaban J connectivity index is 2.25. The fraction of sp³-hybridized carbons (Fsp3) is 0.650. The van der Waals surface area contributed by atoms with Gasteiger partial charge in [-0.25, -0.2) is 9.52 Å². The molecule has 0 aromatic heterocycles. The van der Waals surface area contributed by atoms with Crippen molar-refractivity contribution in [2.45, 2.75) is 72.5 Å². The normalized spacial score (nSPS) is 21.2. The SMILES string of the molecule is Cc1cc(C(C)C)c(NC(=O)NS(=O)(=O)N2CC(C)OC(C)C2)c(C(C)C)c1. The number of nitrogens with zero attached hydrogens (tertiary/aromatic N) is 1. The van der Waals surface area contributed by atoms with E-state index in [4.69, 9.17) is 4.74 Å². The van der Waals surface area contributed by atoms with Crippen molar-refractivity contribution in [2.75, 3.05) is 18.4 Å². The number of carbonyl (C=O) groups excluding carboxylic acids is 1. The van der Waals surface area contributed by atoms with E-state index in [1.54, 1.807) is 0 Å². The van der Waals surface area contributed by atoms with E-state index in [1.165, 1.54) is 4.31 Å². The minimum Gasteiger partial charge on any atom is -0.373 e. The Labute approximate surface area is 169 Å². The summed E-state index contributed by atoms with van der Waals surface area (Å²) in [7, 11) is -3.95. The van der Waals surface area contributed by atoms with Gasteiger partial charge in [0.2, 0.25) is 0 Å². The first-order valence-electron chi connectivity index (χ1n) is 9.79. The summed E-state index contributed by atoms with van der Waals surface area (Å²) in [5, 5.41) is 2.80. The Bertz CT molecular complexity index is 782. The second-order valence-electron chi connectivity index (χ2n) is 8.26. The number of urea groups is 1. The molecule has 0 saturated carbocycles. The molecule has 1 heterocycles. The van der Waals surface area contributed by atoms with Gasteiger partial charge in [-0.15, -0.1) is 0 Å². The zero-order chi connectivity index (χ0) is 21.2. The highest BCUT2D eigenvalue weighted by Gasteiger charge is 2.32. The van der Waals surface area contributed by atoms with Crippen molar-refractivity contribution < 1.29 is 17.9 Å². The lowest BCUT2D eigenvalue weighted by Gasteiger charge is -2.34. The van der Waals surface area contributed by atoms with Crippen molar-refractivity contribution in [3.8, 4) is 0 Å². The summed E-state index contributed by atoms with van der Waals surface area (Å²) >= 11 is 0. The Hall–Kier alpha value is -1.64. The number of morpholine rings is 1. The van der Waals surface area contributed by atoms with Crippen LogP contribution in [0.2, 0.25) is 0 Å². The summed E-state index contributed by atoms with van der Waals surface area (Å²) in [6, 6.07) is 3.32. The number of nitrogens with one attached hydrogen (secondary N) is 2. The number of benzene rings is 1. The highest BCUT2D eigenvalue weighted by molar-refractivity contribution is 7.87. The van der Waals surface area contributed by atoms with Crippen LogP contribution in [0.1, 0.15) is 70.1 Å². The summed E-state index contributed by atoms with van der Waals surface area (Å²) in [5.74, 6) is 0.371. The maximum Gasteiger partial charge on any atom is 0.333 e. The molecule has 8 heteroatoms. The third-order valence-corrected chi connectivity index (χ3v) is 6.20. The summed E-state index contributed by atoms with van der Waals surface area (Å²) < 4.78 is 34.3. The molecular weight excluding hydrogens is 378 g/mol. The molecule has 1 saturated heterocycles. The van der Waals surface area contributed by atoms with E-state index < -0.39 is 16.2 Å². The summed E-state index contributed by atoms with van der Waals surface area (Å²) in [6.45, 7) is 14.3. The van der Waals surface area contributed by atoms with Crippen LogP contribution in [0.15, 0.2) is 12.1 Å². The van der Waals surface area contributed by atoms with E-state index in [2.05, 4.69) is 37.7 Å². The van der Waals surface area contributed by atoms with Gasteiger partial charge >= 0.3 is 16.2 Å². The smallest absolute Gasteiger partial charge is 0.333 e. The van der Waals surface area contributed by atoms with E-state index in [-0.39, 0.29) is 37.1 Å². The van der Waals surface area contributed by atoms with Gasteiger partial charge in [0.25, 0.3) is 0 Å². The predicted octanol–water partition coefficient (Wildman–Crippen LogP) is 3.72. The number of ether oxygens (including phenoxy) is 1. The second-order valence-corrected chi connectivity index (χ2v) is 9.93.